The summed E-state index contributed by atoms with van der Waals surface area (Å²) in [7, 11) is 3.29. The van der Waals surface area contributed by atoms with Crippen LogP contribution >= 0.6 is 0 Å². The summed E-state index contributed by atoms with van der Waals surface area (Å²) in [6.45, 7) is 1.48. The molecular formula is C21H20N4O3. The summed E-state index contributed by atoms with van der Waals surface area (Å²) in [4.78, 5) is 33.8. The van der Waals surface area contributed by atoms with Gasteiger partial charge < -0.3 is 15.0 Å². The molecule has 7 heteroatoms. The number of carbonyl (C=O) groups excluding carboxylic acids is 2. The number of nitrogens with zero attached hydrogens (tertiary/aromatic N) is 3. The van der Waals surface area contributed by atoms with Gasteiger partial charge in [-0.1, -0.05) is 0 Å². The standard InChI is InChI=1S/C21H20N4O3/c1-14(26)25(2)17-8-4-16(5-9-17)21(27)24-20-12-19(22-13-23-20)15-6-10-18(28-3)11-7-15/h4-13H,1-3H3,(H,22,23,24,27). The molecule has 28 heavy (non-hydrogen) atoms. The Morgan fingerprint density at radius 3 is 2.29 bits per heavy atom. The highest BCUT2D eigenvalue weighted by Gasteiger charge is 2.10. The molecule has 0 unspecified atom stereocenters. The van der Waals surface area contributed by atoms with Crippen LogP contribution in [0.3, 0.4) is 0 Å². The van der Waals surface area contributed by atoms with Crippen molar-refractivity contribution in [2.24, 2.45) is 0 Å². The van der Waals surface area contributed by atoms with Crippen LogP contribution in [0.15, 0.2) is 60.9 Å². The number of anilines is 2. The Bertz CT molecular complexity index is 985. The summed E-state index contributed by atoms with van der Waals surface area (Å²) in [5, 5.41) is 2.77. The molecule has 0 aliphatic carbocycles. The molecule has 7 nitrogen and oxygen atoms in total. The fourth-order valence-corrected chi connectivity index (χ4v) is 2.55. The molecule has 0 aliphatic rings. The van der Waals surface area contributed by atoms with Crippen LogP contribution in [-0.4, -0.2) is 35.9 Å². The summed E-state index contributed by atoms with van der Waals surface area (Å²) in [6, 6.07) is 15.9. The van der Waals surface area contributed by atoms with Gasteiger partial charge in [-0.3, -0.25) is 9.59 Å². The Balaban J connectivity index is 1.74. The van der Waals surface area contributed by atoms with Crippen LogP contribution in [0.4, 0.5) is 11.5 Å². The van der Waals surface area contributed by atoms with E-state index in [1.54, 1.807) is 44.5 Å². The normalized spacial score (nSPS) is 10.2. The SMILES string of the molecule is COc1ccc(-c2cc(NC(=O)c3ccc(N(C)C(C)=O)cc3)ncn2)cc1. The molecular weight excluding hydrogens is 356 g/mol. The minimum atomic E-state index is -0.295. The number of hydrogen-bond donors (Lipinski definition) is 1. The molecule has 0 fully saturated rings. The predicted molar refractivity (Wildman–Crippen MR) is 107 cm³/mol. The molecule has 0 aliphatic heterocycles. The Labute approximate surface area is 163 Å². The summed E-state index contributed by atoms with van der Waals surface area (Å²) in [6.07, 6.45) is 1.40. The number of methoxy groups -OCH3 is 1. The molecule has 1 heterocycles. The van der Waals surface area contributed by atoms with E-state index >= 15 is 0 Å². The van der Waals surface area contributed by atoms with E-state index in [9.17, 15) is 9.59 Å². The second-order valence-electron chi connectivity index (χ2n) is 6.10. The molecule has 0 spiro atoms. The fourth-order valence-electron chi connectivity index (χ4n) is 2.55. The van der Waals surface area contributed by atoms with Gasteiger partial charge in [0.15, 0.2) is 0 Å². The van der Waals surface area contributed by atoms with Crippen LogP contribution in [0.2, 0.25) is 0 Å². The van der Waals surface area contributed by atoms with E-state index in [0.717, 1.165) is 11.3 Å². The van der Waals surface area contributed by atoms with E-state index in [1.165, 1.54) is 18.2 Å². The highest BCUT2D eigenvalue weighted by molar-refractivity contribution is 6.04. The lowest BCUT2D eigenvalue weighted by molar-refractivity contribution is -0.116. The van der Waals surface area contributed by atoms with Crippen molar-refractivity contribution in [1.29, 1.82) is 0 Å². The first kappa shape index (κ1) is 19.0. The van der Waals surface area contributed by atoms with Crippen molar-refractivity contribution in [3.63, 3.8) is 0 Å². The van der Waals surface area contributed by atoms with Crippen molar-refractivity contribution < 1.29 is 14.3 Å². The van der Waals surface area contributed by atoms with Crippen LogP contribution in [0, 0.1) is 0 Å². The number of carbonyl (C=O) groups is 2. The van der Waals surface area contributed by atoms with Crippen molar-refractivity contribution in [2.75, 3.05) is 24.4 Å². The number of aromatic nitrogens is 2. The summed E-state index contributed by atoms with van der Waals surface area (Å²) >= 11 is 0. The quantitative estimate of drug-likeness (QED) is 0.738. The number of nitrogens with one attached hydrogen (secondary N) is 1. The van der Waals surface area contributed by atoms with Gasteiger partial charge in [-0.05, 0) is 48.5 Å². The molecule has 0 atom stereocenters. The van der Waals surface area contributed by atoms with Gasteiger partial charge in [0.25, 0.3) is 5.91 Å². The first-order valence-electron chi connectivity index (χ1n) is 8.60. The zero-order chi connectivity index (χ0) is 20.1. The molecule has 0 radical (unpaired) electrons. The molecule has 3 rings (SSSR count). The second kappa shape index (κ2) is 8.30. The van der Waals surface area contributed by atoms with Crippen LogP contribution in [0.25, 0.3) is 11.3 Å². The molecule has 142 valence electrons. The average molecular weight is 376 g/mol. The van der Waals surface area contributed by atoms with Crippen molar-refractivity contribution in [2.45, 2.75) is 6.92 Å². The third-order valence-electron chi connectivity index (χ3n) is 4.28. The van der Waals surface area contributed by atoms with E-state index in [0.29, 0.717) is 22.8 Å². The summed E-state index contributed by atoms with van der Waals surface area (Å²) in [5.41, 5.74) is 2.75. The lowest BCUT2D eigenvalue weighted by Crippen LogP contribution is -2.22. The first-order chi connectivity index (χ1) is 13.5. The van der Waals surface area contributed by atoms with Gasteiger partial charge in [-0.2, -0.15) is 0 Å². The lowest BCUT2D eigenvalue weighted by Gasteiger charge is -2.15. The van der Waals surface area contributed by atoms with Crippen molar-refractivity contribution in [3.05, 3.63) is 66.5 Å². The lowest BCUT2D eigenvalue weighted by atomic mass is 10.1. The summed E-state index contributed by atoms with van der Waals surface area (Å²) < 4.78 is 5.16. The van der Waals surface area contributed by atoms with Gasteiger partial charge in [0.2, 0.25) is 5.91 Å². The summed E-state index contributed by atoms with van der Waals surface area (Å²) in [5.74, 6) is 0.779. The van der Waals surface area contributed by atoms with E-state index in [-0.39, 0.29) is 11.8 Å². The maximum atomic E-state index is 12.5. The zero-order valence-corrected chi connectivity index (χ0v) is 15.8. The van der Waals surface area contributed by atoms with Crippen molar-refractivity contribution >= 4 is 23.3 Å². The van der Waals surface area contributed by atoms with E-state index in [1.807, 2.05) is 24.3 Å². The van der Waals surface area contributed by atoms with Crippen LogP contribution in [0.1, 0.15) is 17.3 Å². The van der Waals surface area contributed by atoms with E-state index in [4.69, 9.17) is 4.74 Å². The van der Waals surface area contributed by atoms with Crippen LogP contribution < -0.4 is 15.0 Å². The van der Waals surface area contributed by atoms with Gasteiger partial charge in [-0.25, -0.2) is 9.97 Å². The topological polar surface area (TPSA) is 84.4 Å². The second-order valence-corrected chi connectivity index (χ2v) is 6.10. The highest BCUT2D eigenvalue weighted by Crippen LogP contribution is 2.22. The smallest absolute Gasteiger partial charge is 0.256 e. The van der Waals surface area contributed by atoms with Crippen molar-refractivity contribution in [3.8, 4) is 17.0 Å². The largest absolute Gasteiger partial charge is 0.497 e. The molecule has 1 aromatic heterocycles. The van der Waals surface area contributed by atoms with Gasteiger partial charge in [0.1, 0.15) is 17.9 Å². The van der Waals surface area contributed by atoms with Gasteiger partial charge in [-0.15, -0.1) is 0 Å². The highest BCUT2D eigenvalue weighted by atomic mass is 16.5. The van der Waals surface area contributed by atoms with Crippen LogP contribution in [0.5, 0.6) is 5.75 Å². The number of hydrogen-bond acceptors (Lipinski definition) is 5. The zero-order valence-electron chi connectivity index (χ0n) is 15.8. The molecule has 0 saturated carbocycles. The number of rotatable bonds is 5. The Morgan fingerprint density at radius 1 is 1.00 bits per heavy atom. The molecule has 2 aromatic carbocycles. The maximum absolute atomic E-state index is 12.5. The number of ether oxygens (including phenoxy) is 1. The molecule has 3 aromatic rings. The number of amides is 2. The minimum Gasteiger partial charge on any atom is -0.497 e. The average Bonchev–Trinajstić information content (AvgIpc) is 2.73. The van der Waals surface area contributed by atoms with Crippen molar-refractivity contribution in [1.82, 2.24) is 9.97 Å². The first-order valence-corrected chi connectivity index (χ1v) is 8.60. The van der Waals surface area contributed by atoms with Gasteiger partial charge in [0.05, 0.1) is 12.8 Å². The Hall–Kier alpha value is -3.74. The molecule has 0 bridgehead atoms. The Morgan fingerprint density at radius 2 is 1.68 bits per heavy atom. The van der Waals surface area contributed by atoms with Gasteiger partial charge in [0, 0.05) is 36.9 Å². The van der Waals surface area contributed by atoms with Crippen LogP contribution in [-0.2, 0) is 4.79 Å². The predicted octanol–water partition coefficient (Wildman–Crippen LogP) is 3.39. The van der Waals surface area contributed by atoms with E-state index in [2.05, 4.69) is 15.3 Å². The third-order valence-corrected chi connectivity index (χ3v) is 4.28. The maximum Gasteiger partial charge on any atom is 0.256 e. The molecule has 0 saturated heterocycles. The monoisotopic (exact) mass is 376 g/mol. The fraction of sp³-hybridized carbons (Fsp3) is 0.143. The Kier molecular flexibility index (Phi) is 5.64. The molecule has 2 amide bonds. The molecule has 1 N–H and O–H groups in total. The third kappa shape index (κ3) is 4.32. The van der Waals surface area contributed by atoms with Gasteiger partial charge >= 0.3 is 0 Å². The van der Waals surface area contributed by atoms with E-state index < -0.39 is 0 Å². The minimum absolute atomic E-state index is 0.0794. The number of benzene rings is 2.